The summed E-state index contributed by atoms with van der Waals surface area (Å²) in [5.74, 6) is -0.501. The van der Waals surface area contributed by atoms with Gasteiger partial charge in [-0.1, -0.05) is 20.8 Å². The fourth-order valence-corrected chi connectivity index (χ4v) is 2.73. The molecule has 2 atom stereocenters. The topological polar surface area (TPSA) is 52.6 Å². The Morgan fingerprint density at radius 1 is 1.18 bits per heavy atom. The summed E-state index contributed by atoms with van der Waals surface area (Å²) in [6.07, 6.45) is 2.79. The molecule has 0 rings (SSSR count). The summed E-state index contributed by atoms with van der Waals surface area (Å²) in [6, 6.07) is 0. The maximum Gasteiger partial charge on any atom is 0.309 e. The van der Waals surface area contributed by atoms with Crippen molar-refractivity contribution < 1.29 is 18.8 Å². The van der Waals surface area contributed by atoms with Gasteiger partial charge in [0.25, 0.3) is 0 Å². The molecule has 0 saturated heterocycles. The quantitative estimate of drug-likeness (QED) is 0.346. The van der Waals surface area contributed by atoms with Crippen molar-refractivity contribution in [3.63, 3.8) is 0 Å². The first-order valence-electron chi connectivity index (χ1n) is 6.37. The number of rotatable bonds is 10. The van der Waals surface area contributed by atoms with Crippen LogP contribution in [0.5, 0.6) is 0 Å². The van der Waals surface area contributed by atoms with E-state index < -0.39 is 7.80 Å². The zero-order chi connectivity index (χ0) is 13.1. The summed E-state index contributed by atoms with van der Waals surface area (Å²) in [5, 5.41) is 0. The SMILES string of the molecule is CCCOCC[PH](=O)CC(C)C(=O)OCCC. The van der Waals surface area contributed by atoms with Crippen molar-refractivity contribution in [2.45, 2.75) is 33.6 Å². The van der Waals surface area contributed by atoms with Gasteiger partial charge >= 0.3 is 5.97 Å². The molecule has 17 heavy (non-hydrogen) atoms. The molecule has 0 saturated carbocycles. The molecule has 0 aliphatic carbocycles. The van der Waals surface area contributed by atoms with Crippen molar-refractivity contribution in [3.8, 4) is 0 Å². The Balaban J connectivity index is 3.67. The van der Waals surface area contributed by atoms with Crippen molar-refractivity contribution in [1.29, 1.82) is 0 Å². The second kappa shape index (κ2) is 10.8. The Morgan fingerprint density at radius 3 is 2.41 bits per heavy atom. The van der Waals surface area contributed by atoms with Gasteiger partial charge in [0.1, 0.15) is 0 Å². The van der Waals surface area contributed by atoms with E-state index in [1.165, 1.54) is 0 Å². The second-order valence-corrected chi connectivity index (χ2v) is 6.16. The normalized spacial score (nSPS) is 14.3. The third kappa shape index (κ3) is 9.37. The first kappa shape index (κ1) is 16.7. The number of hydrogen-bond donors (Lipinski definition) is 0. The first-order valence-corrected chi connectivity index (χ1v) is 8.20. The van der Waals surface area contributed by atoms with Crippen LogP contribution in [-0.2, 0) is 18.8 Å². The average Bonchev–Trinajstić information content (AvgIpc) is 2.31. The minimum Gasteiger partial charge on any atom is -0.465 e. The molecule has 0 aliphatic rings. The van der Waals surface area contributed by atoms with E-state index in [2.05, 4.69) is 0 Å². The van der Waals surface area contributed by atoms with Crippen LogP contribution in [0, 0.1) is 5.92 Å². The highest BCUT2D eigenvalue weighted by molar-refractivity contribution is 7.44. The van der Waals surface area contributed by atoms with Crippen molar-refractivity contribution in [3.05, 3.63) is 0 Å². The lowest BCUT2D eigenvalue weighted by Gasteiger charge is -2.10. The van der Waals surface area contributed by atoms with E-state index in [1.807, 2.05) is 13.8 Å². The number of carbonyl (C=O) groups is 1. The molecular formula is C12H25O4P. The largest absolute Gasteiger partial charge is 0.465 e. The summed E-state index contributed by atoms with van der Waals surface area (Å²) in [7, 11) is -1.71. The van der Waals surface area contributed by atoms with Gasteiger partial charge in [0.15, 0.2) is 0 Å². The van der Waals surface area contributed by atoms with Crippen LogP contribution < -0.4 is 0 Å². The Labute approximate surface area is 105 Å². The first-order chi connectivity index (χ1) is 8.11. The van der Waals surface area contributed by atoms with Crippen molar-refractivity contribution in [1.82, 2.24) is 0 Å². The molecule has 0 fully saturated rings. The zero-order valence-corrected chi connectivity index (χ0v) is 12.2. The standard InChI is InChI=1S/C12H25O4P/c1-4-6-15-8-9-17(14)10-11(3)12(13)16-7-5-2/h11,17H,4-10H2,1-3H3. The summed E-state index contributed by atoms with van der Waals surface area (Å²) in [6.45, 7) is 7.45. The van der Waals surface area contributed by atoms with Crippen LogP contribution in [0.1, 0.15) is 33.6 Å². The van der Waals surface area contributed by atoms with E-state index in [0.717, 1.165) is 12.8 Å². The number of esters is 1. The van der Waals surface area contributed by atoms with Gasteiger partial charge in [0.2, 0.25) is 0 Å². The van der Waals surface area contributed by atoms with Crippen LogP contribution in [0.3, 0.4) is 0 Å². The molecule has 5 heteroatoms. The van der Waals surface area contributed by atoms with E-state index in [4.69, 9.17) is 9.47 Å². The van der Waals surface area contributed by atoms with Crippen LogP contribution >= 0.6 is 7.80 Å². The predicted molar refractivity (Wildman–Crippen MR) is 70.3 cm³/mol. The molecule has 0 amide bonds. The van der Waals surface area contributed by atoms with Crippen LogP contribution in [0.2, 0.25) is 0 Å². The van der Waals surface area contributed by atoms with E-state index in [1.54, 1.807) is 6.92 Å². The van der Waals surface area contributed by atoms with Gasteiger partial charge in [-0.3, -0.25) is 4.79 Å². The molecule has 2 unspecified atom stereocenters. The maximum absolute atomic E-state index is 11.7. The molecule has 0 aromatic heterocycles. The summed E-state index contributed by atoms with van der Waals surface area (Å²) in [4.78, 5) is 11.4. The summed E-state index contributed by atoms with van der Waals surface area (Å²) in [5.41, 5.74) is 0. The van der Waals surface area contributed by atoms with Gasteiger partial charge in [-0.2, -0.15) is 0 Å². The van der Waals surface area contributed by atoms with Crippen LogP contribution in [0.25, 0.3) is 0 Å². The maximum atomic E-state index is 11.7. The van der Waals surface area contributed by atoms with Gasteiger partial charge in [0.05, 0.1) is 26.9 Å². The molecular weight excluding hydrogens is 239 g/mol. The highest BCUT2D eigenvalue weighted by atomic mass is 31.1. The smallest absolute Gasteiger partial charge is 0.309 e. The van der Waals surface area contributed by atoms with Gasteiger partial charge in [-0.15, -0.1) is 0 Å². The minimum absolute atomic E-state index is 0.236. The highest BCUT2D eigenvalue weighted by Crippen LogP contribution is 2.24. The fourth-order valence-electron chi connectivity index (χ4n) is 1.30. The van der Waals surface area contributed by atoms with Crippen molar-refractivity contribution in [2.75, 3.05) is 32.1 Å². The molecule has 0 bridgehead atoms. The van der Waals surface area contributed by atoms with Crippen LogP contribution in [-0.4, -0.2) is 38.1 Å². The Bertz CT molecular complexity index is 231. The minimum atomic E-state index is -1.71. The van der Waals surface area contributed by atoms with E-state index >= 15 is 0 Å². The second-order valence-electron chi connectivity index (χ2n) is 4.17. The van der Waals surface area contributed by atoms with Crippen molar-refractivity contribution in [2.24, 2.45) is 5.92 Å². The number of ether oxygens (including phenoxy) is 2. The number of hydrogen-bond acceptors (Lipinski definition) is 4. The molecule has 102 valence electrons. The van der Waals surface area contributed by atoms with E-state index in [0.29, 0.717) is 32.1 Å². The third-order valence-electron chi connectivity index (χ3n) is 2.26. The number of carbonyl (C=O) groups excluding carboxylic acids is 1. The van der Waals surface area contributed by atoms with Gasteiger partial charge in [0, 0.05) is 18.9 Å². The van der Waals surface area contributed by atoms with Crippen LogP contribution in [0.4, 0.5) is 0 Å². The van der Waals surface area contributed by atoms with E-state index in [9.17, 15) is 9.36 Å². The summed E-state index contributed by atoms with van der Waals surface area (Å²) >= 11 is 0. The molecule has 0 spiro atoms. The monoisotopic (exact) mass is 264 g/mol. The van der Waals surface area contributed by atoms with Crippen LogP contribution in [0.15, 0.2) is 0 Å². The molecule has 4 nitrogen and oxygen atoms in total. The lowest BCUT2D eigenvalue weighted by atomic mass is 10.2. The van der Waals surface area contributed by atoms with Gasteiger partial charge in [-0.25, -0.2) is 0 Å². The molecule has 0 heterocycles. The van der Waals surface area contributed by atoms with Gasteiger partial charge in [-0.05, 0) is 12.8 Å². The molecule has 0 N–H and O–H groups in total. The zero-order valence-electron chi connectivity index (χ0n) is 11.2. The molecule has 0 aliphatic heterocycles. The fraction of sp³-hybridized carbons (Fsp3) is 0.917. The summed E-state index contributed by atoms with van der Waals surface area (Å²) < 4.78 is 22.0. The average molecular weight is 264 g/mol. The third-order valence-corrected chi connectivity index (χ3v) is 4.09. The van der Waals surface area contributed by atoms with Crippen molar-refractivity contribution >= 4 is 13.8 Å². The molecule has 0 aromatic rings. The Kier molecular flexibility index (Phi) is 10.6. The molecule has 0 aromatic carbocycles. The Hall–Kier alpha value is -0.340. The van der Waals surface area contributed by atoms with E-state index in [-0.39, 0.29) is 11.9 Å². The lowest BCUT2D eigenvalue weighted by molar-refractivity contribution is -0.147. The Morgan fingerprint density at radius 2 is 1.82 bits per heavy atom. The highest BCUT2D eigenvalue weighted by Gasteiger charge is 2.16. The predicted octanol–water partition coefficient (Wildman–Crippen LogP) is 2.56. The van der Waals surface area contributed by atoms with Gasteiger partial charge < -0.3 is 14.0 Å². The lowest BCUT2D eigenvalue weighted by Crippen LogP contribution is -2.17. The molecule has 0 radical (unpaired) electrons.